The molecule has 0 fully saturated rings. The Bertz CT molecular complexity index is 160. The van der Waals surface area contributed by atoms with Crippen LogP contribution < -0.4 is 5.73 Å². The van der Waals surface area contributed by atoms with Crippen LogP contribution in [0.4, 0.5) is 4.79 Å². The SMILES string of the molecule is CN(C)C(C)(OC(N)=O)N(C)C. The van der Waals surface area contributed by atoms with Crippen molar-refractivity contribution in [1.82, 2.24) is 9.80 Å². The molecule has 0 rings (SSSR count). The number of ether oxygens (including phenoxy) is 1. The van der Waals surface area contributed by atoms with Crippen molar-refractivity contribution < 1.29 is 9.53 Å². The van der Waals surface area contributed by atoms with Crippen molar-refractivity contribution >= 4 is 6.09 Å². The molecule has 2 N–H and O–H groups in total. The summed E-state index contributed by atoms with van der Waals surface area (Å²) in [4.78, 5) is 14.1. The molecule has 5 heteroatoms. The minimum atomic E-state index is -0.786. The molecule has 0 aliphatic heterocycles. The Kier molecular flexibility index (Phi) is 3.48. The van der Waals surface area contributed by atoms with E-state index in [1.165, 1.54) is 0 Å². The molecule has 0 spiro atoms. The zero-order valence-electron chi connectivity index (χ0n) is 8.29. The number of primary amides is 1. The van der Waals surface area contributed by atoms with Crippen LogP contribution in [-0.4, -0.2) is 49.9 Å². The van der Waals surface area contributed by atoms with Gasteiger partial charge in [0.15, 0.2) is 0 Å². The van der Waals surface area contributed by atoms with Crippen LogP contribution in [0.15, 0.2) is 0 Å². The zero-order chi connectivity index (χ0) is 9.94. The summed E-state index contributed by atoms with van der Waals surface area (Å²) in [7, 11) is 7.23. The molecular formula is C7H17N3O2. The molecule has 0 aliphatic carbocycles. The Morgan fingerprint density at radius 2 is 1.58 bits per heavy atom. The van der Waals surface area contributed by atoms with Gasteiger partial charge in [0.25, 0.3) is 0 Å². The fourth-order valence-electron chi connectivity index (χ4n) is 0.773. The predicted molar refractivity (Wildman–Crippen MR) is 46.4 cm³/mol. The second kappa shape index (κ2) is 3.73. The van der Waals surface area contributed by atoms with Crippen LogP contribution >= 0.6 is 0 Å². The van der Waals surface area contributed by atoms with Gasteiger partial charge in [-0.25, -0.2) is 4.79 Å². The van der Waals surface area contributed by atoms with Crippen LogP contribution in [0, 0.1) is 0 Å². The molecule has 0 bridgehead atoms. The summed E-state index contributed by atoms with van der Waals surface area (Å²) < 4.78 is 4.95. The maximum absolute atomic E-state index is 10.6. The Morgan fingerprint density at radius 1 is 1.25 bits per heavy atom. The first-order chi connectivity index (χ1) is 5.30. The average Bonchev–Trinajstić information content (AvgIpc) is 1.84. The molecule has 0 heterocycles. The molecule has 0 aromatic carbocycles. The lowest BCUT2D eigenvalue weighted by Gasteiger charge is -2.40. The normalized spacial score (nSPS) is 12.2. The van der Waals surface area contributed by atoms with Gasteiger partial charge in [0.1, 0.15) is 0 Å². The third-order valence-corrected chi connectivity index (χ3v) is 1.95. The van der Waals surface area contributed by atoms with Gasteiger partial charge in [0.05, 0.1) is 0 Å². The maximum Gasteiger partial charge on any atom is 0.407 e. The van der Waals surface area contributed by atoms with E-state index < -0.39 is 11.9 Å². The van der Waals surface area contributed by atoms with E-state index in [4.69, 9.17) is 10.5 Å². The van der Waals surface area contributed by atoms with Gasteiger partial charge >= 0.3 is 6.09 Å². The highest BCUT2D eigenvalue weighted by molar-refractivity contribution is 5.65. The highest BCUT2D eigenvalue weighted by Gasteiger charge is 2.33. The minimum absolute atomic E-state index is 0.778. The molecule has 1 amide bonds. The summed E-state index contributed by atoms with van der Waals surface area (Å²) in [5.74, 6) is -0.786. The maximum atomic E-state index is 10.6. The Balaban J connectivity index is 4.51. The van der Waals surface area contributed by atoms with Gasteiger partial charge in [-0.3, -0.25) is 9.80 Å². The quantitative estimate of drug-likeness (QED) is 0.607. The fourth-order valence-corrected chi connectivity index (χ4v) is 0.773. The monoisotopic (exact) mass is 175 g/mol. The lowest BCUT2D eigenvalue weighted by molar-refractivity contribution is -0.165. The van der Waals surface area contributed by atoms with Crippen LogP contribution in [0.1, 0.15) is 6.92 Å². The molecule has 0 aliphatic rings. The van der Waals surface area contributed by atoms with Gasteiger partial charge in [-0.1, -0.05) is 0 Å². The van der Waals surface area contributed by atoms with Gasteiger partial charge in [-0.15, -0.1) is 0 Å². The van der Waals surface area contributed by atoms with E-state index >= 15 is 0 Å². The number of hydrogen-bond donors (Lipinski definition) is 1. The number of carbonyl (C=O) groups is 1. The number of nitrogens with two attached hydrogens (primary N) is 1. The van der Waals surface area contributed by atoms with Crippen molar-refractivity contribution in [3.8, 4) is 0 Å². The molecule has 0 saturated heterocycles. The highest BCUT2D eigenvalue weighted by Crippen LogP contribution is 2.15. The highest BCUT2D eigenvalue weighted by atomic mass is 16.6. The fraction of sp³-hybridized carbons (Fsp3) is 0.857. The van der Waals surface area contributed by atoms with Crippen molar-refractivity contribution in [2.45, 2.75) is 12.8 Å². The van der Waals surface area contributed by atoms with E-state index in [1.807, 2.05) is 28.2 Å². The van der Waals surface area contributed by atoms with Crippen LogP contribution in [0.5, 0.6) is 0 Å². The summed E-state index contributed by atoms with van der Waals surface area (Å²) in [6.45, 7) is 1.76. The molecule has 0 atom stereocenters. The van der Waals surface area contributed by atoms with Crippen LogP contribution in [0.2, 0.25) is 0 Å². The summed E-state index contributed by atoms with van der Waals surface area (Å²) in [5, 5.41) is 0. The lowest BCUT2D eigenvalue weighted by atomic mass is 10.4. The summed E-state index contributed by atoms with van der Waals surface area (Å²) >= 11 is 0. The van der Waals surface area contributed by atoms with Crippen molar-refractivity contribution in [1.29, 1.82) is 0 Å². The second-order valence-electron chi connectivity index (χ2n) is 3.14. The molecule has 0 radical (unpaired) electrons. The summed E-state index contributed by atoms with van der Waals surface area (Å²) in [6, 6.07) is 0. The number of carbonyl (C=O) groups excluding carboxylic acids is 1. The third kappa shape index (κ3) is 2.35. The average molecular weight is 175 g/mol. The van der Waals surface area contributed by atoms with Crippen molar-refractivity contribution in [3.63, 3.8) is 0 Å². The largest absolute Gasteiger partial charge is 0.414 e. The molecule has 12 heavy (non-hydrogen) atoms. The molecule has 72 valence electrons. The zero-order valence-corrected chi connectivity index (χ0v) is 8.29. The van der Waals surface area contributed by atoms with E-state index in [-0.39, 0.29) is 0 Å². The van der Waals surface area contributed by atoms with Crippen LogP contribution in [0.3, 0.4) is 0 Å². The van der Waals surface area contributed by atoms with E-state index in [1.54, 1.807) is 16.7 Å². The molecule has 0 unspecified atom stereocenters. The van der Waals surface area contributed by atoms with Gasteiger partial charge in [0.2, 0.25) is 5.85 Å². The first-order valence-electron chi connectivity index (χ1n) is 3.64. The summed E-state index contributed by atoms with van der Waals surface area (Å²) in [6.07, 6.45) is -0.778. The van der Waals surface area contributed by atoms with Gasteiger partial charge < -0.3 is 10.5 Å². The van der Waals surface area contributed by atoms with Gasteiger partial charge in [-0.05, 0) is 28.2 Å². The molecule has 5 nitrogen and oxygen atoms in total. The minimum Gasteiger partial charge on any atom is -0.414 e. The lowest BCUT2D eigenvalue weighted by Crippen LogP contribution is -2.56. The first kappa shape index (κ1) is 11.2. The molecular weight excluding hydrogens is 158 g/mol. The van der Waals surface area contributed by atoms with E-state index in [2.05, 4.69) is 0 Å². The standard InChI is InChI=1S/C7H17N3O2/c1-7(9(2)3,10(4)5)12-6(8)11/h1-5H3,(H2,8,11). The number of hydrogen-bond acceptors (Lipinski definition) is 4. The van der Waals surface area contributed by atoms with Crippen molar-refractivity contribution in [2.24, 2.45) is 5.73 Å². The number of nitrogens with zero attached hydrogens (tertiary/aromatic N) is 2. The predicted octanol–water partition coefficient (Wildman–Crippen LogP) is -0.121. The molecule has 0 saturated carbocycles. The van der Waals surface area contributed by atoms with E-state index in [0.29, 0.717) is 0 Å². The molecule has 0 aromatic heterocycles. The third-order valence-electron chi connectivity index (χ3n) is 1.95. The first-order valence-corrected chi connectivity index (χ1v) is 3.64. The van der Waals surface area contributed by atoms with Crippen LogP contribution in [-0.2, 0) is 4.74 Å². The van der Waals surface area contributed by atoms with E-state index in [9.17, 15) is 4.79 Å². The Hall–Kier alpha value is -0.810. The van der Waals surface area contributed by atoms with Gasteiger partial charge in [-0.2, -0.15) is 0 Å². The Morgan fingerprint density at radius 3 is 1.67 bits per heavy atom. The summed E-state index contributed by atoms with van der Waals surface area (Å²) in [5.41, 5.74) is 4.94. The Labute approximate surface area is 73.1 Å². The van der Waals surface area contributed by atoms with Crippen LogP contribution in [0.25, 0.3) is 0 Å². The molecule has 0 aromatic rings. The number of amides is 1. The topological polar surface area (TPSA) is 58.8 Å². The number of rotatable bonds is 3. The van der Waals surface area contributed by atoms with Gasteiger partial charge in [0, 0.05) is 6.92 Å². The van der Waals surface area contributed by atoms with Crippen molar-refractivity contribution in [3.05, 3.63) is 0 Å². The smallest absolute Gasteiger partial charge is 0.407 e. The second-order valence-corrected chi connectivity index (χ2v) is 3.14. The van der Waals surface area contributed by atoms with E-state index in [0.717, 1.165) is 0 Å². The van der Waals surface area contributed by atoms with Crippen molar-refractivity contribution in [2.75, 3.05) is 28.2 Å².